The quantitative estimate of drug-likeness (QED) is 0.640. The van der Waals surface area contributed by atoms with Crippen LogP contribution in [0.3, 0.4) is 0 Å². The topological polar surface area (TPSA) is 70.7 Å². The molecule has 0 saturated heterocycles. The Kier molecular flexibility index (Phi) is 5.17. The number of hydrogen-bond donors (Lipinski definition) is 2. The molecular weight excluding hydrogens is 371 g/mol. The van der Waals surface area contributed by atoms with Crippen molar-refractivity contribution in [3.63, 3.8) is 0 Å². The average Bonchev–Trinajstić information content (AvgIpc) is 3.21. The van der Waals surface area contributed by atoms with Gasteiger partial charge in [-0.15, -0.1) is 16.4 Å². The van der Waals surface area contributed by atoms with Crippen molar-refractivity contribution < 1.29 is 9.18 Å². The summed E-state index contributed by atoms with van der Waals surface area (Å²) in [6.45, 7) is 1.74. The minimum Gasteiger partial charge on any atom is -0.325 e. The maximum absolute atomic E-state index is 13.1. The van der Waals surface area contributed by atoms with Crippen LogP contribution in [0.25, 0.3) is 10.7 Å². The predicted octanol–water partition coefficient (Wildman–Crippen LogP) is 4.45. The second kappa shape index (κ2) is 7.33. The van der Waals surface area contributed by atoms with Crippen LogP contribution in [0.5, 0.6) is 0 Å². The van der Waals surface area contributed by atoms with Crippen LogP contribution in [-0.2, 0) is 4.79 Å². The highest BCUT2D eigenvalue weighted by atomic mass is 35.5. The Labute approximate surface area is 150 Å². The molecule has 0 spiro atoms. The lowest BCUT2D eigenvalue weighted by molar-refractivity contribution is -0.115. The van der Waals surface area contributed by atoms with Gasteiger partial charge >= 0.3 is 0 Å². The van der Waals surface area contributed by atoms with E-state index in [4.69, 9.17) is 11.6 Å². The molecule has 0 aliphatic heterocycles. The number of halogens is 2. The molecule has 9 heteroatoms. The summed E-state index contributed by atoms with van der Waals surface area (Å²) in [6, 6.07) is 7.90. The molecule has 2 N–H and O–H groups in total. The van der Waals surface area contributed by atoms with Gasteiger partial charge in [0.05, 0.1) is 15.1 Å². The smallest absolute Gasteiger partial charge is 0.237 e. The molecule has 0 radical (unpaired) electrons. The van der Waals surface area contributed by atoms with E-state index in [1.54, 1.807) is 18.3 Å². The van der Waals surface area contributed by atoms with Crippen molar-refractivity contribution in [1.82, 2.24) is 15.2 Å². The van der Waals surface area contributed by atoms with E-state index in [2.05, 4.69) is 20.5 Å². The first-order valence-electron chi connectivity index (χ1n) is 6.92. The van der Waals surface area contributed by atoms with Gasteiger partial charge < -0.3 is 5.32 Å². The van der Waals surface area contributed by atoms with Crippen molar-refractivity contribution in [2.45, 2.75) is 17.3 Å². The molecule has 5 nitrogen and oxygen atoms in total. The number of amides is 1. The van der Waals surface area contributed by atoms with Crippen LogP contribution < -0.4 is 5.32 Å². The molecule has 0 aliphatic rings. The van der Waals surface area contributed by atoms with E-state index in [1.807, 2.05) is 17.5 Å². The number of H-pyrrole nitrogens is 1. The first kappa shape index (κ1) is 16.9. The van der Waals surface area contributed by atoms with E-state index in [1.165, 1.54) is 30.0 Å². The third-order valence-corrected chi connectivity index (χ3v) is 5.19. The Morgan fingerprint density at radius 1 is 1.46 bits per heavy atom. The third kappa shape index (κ3) is 3.95. The van der Waals surface area contributed by atoms with Crippen LogP contribution in [0.1, 0.15) is 6.92 Å². The first-order chi connectivity index (χ1) is 11.5. The number of anilines is 1. The second-order valence-corrected chi connectivity index (χ2v) is 7.48. The molecule has 24 heavy (non-hydrogen) atoms. The molecule has 2 aromatic heterocycles. The van der Waals surface area contributed by atoms with E-state index in [9.17, 15) is 9.18 Å². The van der Waals surface area contributed by atoms with Crippen molar-refractivity contribution in [1.29, 1.82) is 0 Å². The zero-order chi connectivity index (χ0) is 17.1. The molecule has 124 valence electrons. The molecule has 1 aromatic carbocycles. The summed E-state index contributed by atoms with van der Waals surface area (Å²) < 4.78 is 13.1. The van der Waals surface area contributed by atoms with Gasteiger partial charge in [-0.05, 0) is 36.6 Å². The molecule has 0 fully saturated rings. The fourth-order valence-corrected chi connectivity index (χ4v) is 3.42. The van der Waals surface area contributed by atoms with E-state index in [0.717, 1.165) is 4.88 Å². The highest BCUT2D eigenvalue weighted by Crippen LogP contribution is 2.26. The third-order valence-electron chi connectivity index (χ3n) is 3.06. The number of carbonyl (C=O) groups is 1. The Morgan fingerprint density at radius 2 is 2.29 bits per heavy atom. The van der Waals surface area contributed by atoms with E-state index in [0.29, 0.717) is 16.7 Å². The summed E-state index contributed by atoms with van der Waals surface area (Å²) >= 11 is 8.49. The van der Waals surface area contributed by atoms with Crippen molar-refractivity contribution in [3.05, 3.63) is 46.6 Å². The minimum absolute atomic E-state index is 0.0392. The largest absolute Gasteiger partial charge is 0.325 e. The monoisotopic (exact) mass is 382 g/mol. The van der Waals surface area contributed by atoms with E-state index in [-0.39, 0.29) is 10.9 Å². The number of hydrogen-bond acceptors (Lipinski definition) is 5. The maximum Gasteiger partial charge on any atom is 0.237 e. The Hall–Kier alpha value is -1.90. The van der Waals surface area contributed by atoms with Crippen molar-refractivity contribution >= 4 is 46.3 Å². The van der Waals surface area contributed by atoms with Gasteiger partial charge in [-0.1, -0.05) is 29.4 Å². The number of benzene rings is 1. The van der Waals surface area contributed by atoms with Crippen molar-refractivity contribution in [2.24, 2.45) is 0 Å². The van der Waals surface area contributed by atoms with Gasteiger partial charge in [0.15, 0.2) is 5.82 Å². The molecule has 0 aliphatic carbocycles. The zero-order valence-electron chi connectivity index (χ0n) is 12.4. The SMILES string of the molecule is C[C@H](Sc1n[nH]c(-c2cccs2)n1)C(=O)Nc1ccc(F)c(Cl)c1. The summed E-state index contributed by atoms with van der Waals surface area (Å²) in [4.78, 5) is 17.6. The van der Waals surface area contributed by atoms with Gasteiger partial charge in [0.1, 0.15) is 5.82 Å². The Bertz CT molecular complexity index is 853. The molecular formula is C15H12ClFN4OS2. The van der Waals surface area contributed by atoms with E-state index >= 15 is 0 Å². The number of thioether (sulfide) groups is 1. The highest BCUT2D eigenvalue weighted by molar-refractivity contribution is 8.00. The van der Waals surface area contributed by atoms with Crippen LogP contribution in [0.4, 0.5) is 10.1 Å². The van der Waals surface area contributed by atoms with Gasteiger partial charge in [-0.25, -0.2) is 9.37 Å². The van der Waals surface area contributed by atoms with Crippen LogP contribution in [0.2, 0.25) is 5.02 Å². The number of nitrogens with zero attached hydrogens (tertiary/aromatic N) is 2. The molecule has 3 rings (SSSR count). The molecule has 0 bridgehead atoms. The second-order valence-electron chi connectivity index (χ2n) is 4.82. The van der Waals surface area contributed by atoms with E-state index < -0.39 is 11.1 Å². The number of aromatic amines is 1. The van der Waals surface area contributed by atoms with Crippen LogP contribution >= 0.6 is 34.7 Å². The van der Waals surface area contributed by atoms with Gasteiger partial charge in [-0.2, -0.15) is 0 Å². The molecule has 3 aromatic rings. The lowest BCUT2D eigenvalue weighted by atomic mass is 10.3. The molecule has 0 saturated carbocycles. The van der Waals surface area contributed by atoms with Crippen molar-refractivity contribution in [3.8, 4) is 10.7 Å². The summed E-state index contributed by atoms with van der Waals surface area (Å²) in [7, 11) is 0. The van der Waals surface area contributed by atoms with Gasteiger partial charge in [-0.3, -0.25) is 9.89 Å². The molecule has 2 heterocycles. The summed E-state index contributed by atoms with van der Waals surface area (Å²) in [5, 5.41) is 11.6. The average molecular weight is 383 g/mol. The number of rotatable bonds is 5. The Balaban J connectivity index is 1.62. The number of carbonyl (C=O) groups excluding carboxylic acids is 1. The minimum atomic E-state index is -0.529. The summed E-state index contributed by atoms with van der Waals surface area (Å²) in [5.74, 6) is -0.102. The zero-order valence-corrected chi connectivity index (χ0v) is 14.8. The van der Waals surface area contributed by atoms with Crippen LogP contribution in [0, 0.1) is 5.82 Å². The number of aromatic nitrogens is 3. The summed E-state index contributed by atoms with van der Waals surface area (Å²) in [5.41, 5.74) is 0.438. The standard InChI is InChI=1S/C15H12ClFN4OS2/c1-8(14(22)18-9-4-5-11(17)10(16)7-9)24-15-19-13(20-21-15)12-3-2-6-23-12/h2-8H,1H3,(H,18,22)(H,19,20,21)/t8-/m0/s1. The summed E-state index contributed by atoms with van der Waals surface area (Å²) in [6.07, 6.45) is 0. The number of thiophene rings is 1. The van der Waals surface area contributed by atoms with Crippen LogP contribution in [-0.4, -0.2) is 26.3 Å². The fourth-order valence-electron chi connectivity index (χ4n) is 1.85. The molecule has 1 amide bonds. The fraction of sp³-hybridized carbons (Fsp3) is 0.133. The van der Waals surface area contributed by atoms with Gasteiger partial charge in [0.2, 0.25) is 11.1 Å². The lowest BCUT2D eigenvalue weighted by Crippen LogP contribution is -2.22. The molecule has 0 unspecified atom stereocenters. The highest BCUT2D eigenvalue weighted by Gasteiger charge is 2.18. The number of nitrogens with one attached hydrogen (secondary N) is 2. The Morgan fingerprint density at radius 3 is 3.00 bits per heavy atom. The van der Waals surface area contributed by atoms with Gasteiger partial charge in [0.25, 0.3) is 0 Å². The molecule has 1 atom stereocenters. The maximum atomic E-state index is 13.1. The first-order valence-corrected chi connectivity index (χ1v) is 9.05. The lowest BCUT2D eigenvalue weighted by Gasteiger charge is -2.10. The predicted molar refractivity (Wildman–Crippen MR) is 95.1 cm³/mol. The van der Waals surface area contributed by atoms with Gasteiger partial charge in [0, 0.05) is 5.69 Å². The van der Waals surface area contributed by atoms with Crippen molar-refractivity contribution in [2.75, 3.05) is 5.32 Å². The van der Waals surface area contributed by atoms with Crippen LogP contribution in [0.15, 0.2) is 40.9 Å². The normalized spacial score (nSPS) is 12.1.